The van der Waals surface area contributed by atoms with Crippen molar-refractivity contribution in [3.63, 3.8) is 0 Å². The molecule has 0 aliphatic rings. The first-order valence-electron chi connectivity index (χ1n) is 4.73. The summed E-state index contributed by atoms with van der Waals surface area (Å²) in [6, 6.07) is 0. The van der Waals surface area contributed by atoms with Crippen LogP contribution in [0.1, 0.15) is 24.6 Å². The molecule has 0 saturated carbocycles. The highest BCUT2D eigenvalue weighted by Gasteiger charge is 2.21. The second-order valence-corrected chi connectivity index (χ2v) is 4.15. The van der Waals surface area contributed by atoms with Crippen LogP contribution in [0.25, 0.3) is 0 Å². The minimum absolute atomic E-state index is 0.0364. The Morgan fingerprint density at radius 2 is 2.24 bits per heavy atom. The molecule has 0 saturated heterocycles. The monoisotopic (exact) mass is 359 g/mol. The van der Waals surface area contributed by atoms with Crippen LogP contribution >= 0.6 is 22.6 Å². The third-order valence-corrected chi connectivity index (χ3v) is 3.13. The average Bonchev–Trinajstić information content (AvgIpc) is 2.24. The highest BCUT2D eigenvalue weighted by Crippen LogP contribution is 2.26. The zero-order valence-electron chi connectivity index (χ0n) is 8.84. The van der Waals surface area contributed by atoms with Crippen LogP contribution in [0.4, 0.5) is 13.2 Å². The third-order valence-electron chi connectivity index (χ3n) is 1.93. The molecular formula is C10H9F3INO2. The molecule has 0 radical (unpaired) electrons. The number of carbonyl (C=O) groups is 1. The molecule has 0 bridgehead atoms. The molecule has 1 aromatic rings. The van der Waals surface area contributed by atoms with Gasteiger partial charge in [0.2, 0.25) is 0 Å². The molecule has 0 amide bonds. The lowest BCUT2D eigenvalue weighted by molar-refractivity contribution is -0.142. The lowest BCUT2D eigenvalue weighted by atomic mass is 10.1. The molecule has 0 spiro atoms. The molecule has 7 heteroatoms. The van der Waals surface area contributed by atoms with E-state index in [9.17, 15) is 18.0 Å². The summed E-state index contributed by atoms with van der Waals surface area (Å²) in [7, 11) is 0. The van der Waals surface area contributed by atoms with Crippen molar-refractivity contribution in [2.75, 3.05) is 6.61 Å². The van der Waals surface area contributed by atoms with E-state index in [0.29, 0.717) is 6.20 Å². The van der Waals surface area contributed by atoms with Crippen molar-refractivity contribution >= 4 is 28.6 Å². The number of nitrogens with zero attached hydrogens (tertiary/aromatic N) is 1. The predicted molar refractivity (Wildman–Crippen MR) is 62.2 cm³/mol. The largest absolute Gasteiger partial charge is 0.466 e. The van der Waals surface area contributed by atoms with Crippen LogP contribution in [0, 0.1) is 9.39 Å². The molecule has 0 unspecified atom stereocenters. The average molecular weight is 359 g/mol. The molecule has 0 aliphatic heterocycles. The number of aromatic nitrogens is 1. The fraction of sp³-hybridized carbons (Fsp3) is 0.400. The van der Waals surface area contributed by atoms with Crippen LogP contribution in [-0.2, 0) is 16.0 Å². The number of rotatable bonds is 4. The first-order valence-corrected chi connectivity index (χ1v) is 5.81. The molecule has 0 N–H and O–H groups in total. The molecule has 0 aliphatic carbocycles. The molecule has 0 fully saturated rings. The highest BCUT2D eigenvalue weighted by molar-refractivity contribution is 14.1. The van der Waals surface area contributed by atoms with Crippen LogP contribution < -0.4 is 0 Å². The maximum absolute atomic E-state index is 13.4. The Labute approximate surface area is 110 Å². The van der Waals surface area contributed by atoms with E-state index in [1.807, 2.05) is 0 Å². The number of esters is 1. The summed E-state index contributed by atoms with van der Waals surface area (Å²) in [5.41, 5.74) is -0.624. The molecule has 0 aromatic carbocycles. The zero-order valence-corrected chi connectivity index (χ0v) is 11.0. The van der Waals surface area contributed by atoms with Gasteiger partial charge in [0.15, 0.2) is 0 Å². The molecule has 1 aromatic heterocycles. The van der Waals surface area contributed by atoms with E-state index in [2.05, 4.69) is 9.72 Å². The molecule has 94 valence electrons. The van der Waals surface area contributed by atoms with E-state index in [4.69, 9.17) is 0 Å². The van der Waals surface area contributed by atoms with Crippen LogP contribution in [0.3, 0.4) is 0 Å². The summed E-state index contributed by atoms with van der Waals surface area (Å²) >= 11 is 1.55. The standard InChI is InChI=1S/C10H9F3INO2/c1-2-17-7(16)3-5-6(11)4-15-9(8(5)14)10(12)13/h4,10H,2-3H2,1H3. The minimum atomic E-state index is -2.80. The number of alkyl halides is 2. The van der Waals surface area contributed by atoms with Crippen molar-refractivity contribution in [2.45, 2.75) is 19.8 Å². The predicted octanol–water partition coefficient (Wildman–Crippen LogP) is 2.87. The van der Waals surface area contributed by atoms with Crippen LogP contribution in [0.2, 0.25) is 0 Å². The van der Waals surface area contributed by atoms with Gasteiger partial charge in [-0.05, 0) is 29.5 Å². The number of hydrogen-bond donors (Lipinski definition) is 0. The van der Waals surface area contributed by atoms with Crippen molar-refractivity contribution < 1.29 is 22.7 Å². The Morgan fingerprint density at radius 3 is 2.76 bits per heavy atom. The smallest absolute Gasteiger partial charge is 0.310 e. The number of ether oxygens (including phenoxy) is 1. The van der Waals surface area contributed by atoms with Crippen molar-refractivity contribution in [3.05, 3.63) is 26.8 Å². The Morgan fingerprint density at radius 1 is 1.59 bits per heavy atom. The number of carbonyl (C=O) groups excluding carboxylic acids is 1. The number of hydrogen-bond acceptors (Lipinski definition) is 3. The van der Waals surface area contributed by atoms with Gasteiger partial charge in [-0.3, -0.25) is 9.78 Å². The van der Waals surface area contributed by atoms with Crippen molar-refractivity contribution in [3.8, 4) is 0 Å². The second-order valence-electron chi connectivity index (χ2n) is 3.07. The summed E-state index contributed by atoms with van der Waals surface area (Å²) in [4.78, 5) is 14.5. The van der Waals surface area contributed by atoms with Crippen LogP contribution in [0.5, 0.6) is 0 Å². The first kappa shape index (κ1) is 14.2. The Balaban J connectivity index is 3.05. The summed E-state index contributed by atoms with van der Waals surface area (Å²) in [5, 5.41) is 0. The van der Waals surface area contributed by atoms with Gasteiger partial charge in [0.1, 0.15) is 11.5 Å². The summed E-state index contributed by atoms with van der Waals surface area (Å²) < 4.78 is 43.0. The van der Waals surface area contributed by atoms with Gasteiger partial charge in [-0.15, -0.1) is 0 Å². The Kier molecular flexibility index (Phi) is 5.16. The summed E-state index contributed by atoms with van der Waals surface area (Å²) in [6.45, 7) is 1.76. The quantitative estimate of drug-likeness (QED) is 0.613. The topological polar surface area (TPSA) is 39.2 Å². The van der Waals surface area contributed by atoms with E-state index >= 15 is 0 Å². The van der Waals surface area contributed by atoms with Crippen LogP contribution in [0.15, 0.2) is 6.20 Å². The third kappa shape index (κ3) is 3.55. The van der Waals surface area contributed by atoms with E-state index in [-0.39, 0.29) is 22.2 Å². The van der Waals surface area contributed by atoms with E-state index < -0.39 is 23.9 Å². The SMILES string of the molecule is CCOC(=O)Cc1c(F)cnc(C(F)F)c1I. The molecule has 1 rings (SSSR count). The molecular weight excluding hydrogens is 350 g/mol. The van der Waals surface area contributed by atoms with Crippen molar-refractivity contribution in [1.29, 1.82) is 0 Å². The van der Waals surface area contributed by atoms with E-state index in [1.165, 1.54) is 0 Å². The normalized spacial score (nSPS) is 10.7. The van der Waals surface area contributed by atoms with Gasteiger partial charge < -0.3 is 4.74 Å². The molecule has 3 nitrogen and oxygen atoms in total. The summed E-state index contributed by atoms with van der Waals surface area (Å²) in [5.74, 6) is -1.44. The van der Waals surface area contributed by atoms with Gasteiger partial charge >= 0.3 is 5.97 Å². The lowest BCUT2D eigenvalue weighted by Crippen LogP contribution is -2.12. The van der Waals surface area contributed by atoms with Gasteiger partial charge in [-0.2, -0.15) is 0 Å². The first-order chi connectivity index (χ1) is 7.97. The van der Waals surface area contributed by atoms with Gasteiger partial charge in [0, 0.05) is 9.13 Å². The van der Waals surface area contributed by atoms with Crippen molar-refractivity contribution in [2.24, 2.45) is 0 Å². The minimum Gasteiger partial charge on any atom is -0.466 e. The van der Waals surface area contributed by atoms with Gasteiger partial charge in [-0.1, -0.05) is 0 Å². The fourth-order valence-corrected chi connectivity index (χ4v) is 2.01. The maximum atomic E-state index is 13.4. The molecule has 0 atom stereocenters. The Hall–Kier alpha value is -0.860. The van der Waals surface area contributed by atoms with Gasteiger partial charge in [0.25, 0.3) is 6.43 Å². The second kappa shape index (κ2) is 6.18. The van der Waals surface area contributed by atoms with Crippen LogP contribution in [-0.4, -0.2) is 17.6 Å². The summed E-state index contributed by atoms with van der Waals surface area (Å²) in [6.07, 6.45) is -2.48. The number of pyridine rings is 1. The Bertz CT molecular complexity index is 426. The van der Waals surface area contributed by atoms with E-state index in [1.54, 1.807) is 29.5 Å². The zero-order chi connectivity index (χ0) is 13.0. The molecule has 17 heavy (non-hydrogen) atoms. The highest BCUT2D eigenvalue weighted by atomic mass is 127. The fourth-order valence-electron chi connectivity index (χ4n) is 1.19. The maximum Gasteiger partial charge on any atom is 0.310 e. The lowest BCUT2D eigenvalue weighted by Gasteiger charge is -2.09. The van der Waals surface area contributed by atoms with Gasteiger partial charge in [-0.25, -0.2) is 13.2 Å². The number of halogens is 4. The van der Waals surface area contributed by atoms with Crippen molar-refractivity contribution in [1.82, 2.24) is 4.98 Å². The van der Waals surface area contributed by atoms with Gasteiger partial charge in [0.05, 0.1) is 19.2 Å². The molecule has 1 heterocycles. The van der Waals surface area contributed by atoms with E-state index in [0.717, 1.165) is 0 Å².